The molecule has 7 heteroatoms. The molecule has 1 aromatic rings. The van der Waals surface area contributed by atoms with Crippen molar-refractivity contribution in [1.82, 2.24) is 10.0 Å². The second-order valence-electron chi connectivity index (χ2n) is 6.11. The van der Waals surface area contributed by atoms with Crippen molar-refractivity contribution in [2.24, 2.45) is 5.41 Å². The fourth-order valence-corrected chi connectivity index (χ4v) is 3.89. The summed E-state index contributed by atoms with van der Waals surface area (Å²) in [4.78, 5) is 0.0508. The zero-order valence-electron chi connectivity index (χ0n) is 12.9. The molecule has 0 amide bonds. The summed E-state index contributed by atoms with van der Waals surface area (Å²) < 4.78 is 27.7. The molecule has 0 aromatic heterocycles. The summed E-state index contributed by atoms with van der Waals surface area (Å²) in [7, 11) is -1.94. The Hall–Kier alpha value is -0.330. The zero-order chi connectivity index (χ0) is 16.4. The van der Waals surface area contributed by atoms with Crippen molar-refractivity contribution < 1.29 is 8.42 Å². The summed E-state index contributed by atoms with van der Waals surface area (Å²) in [6.07, 6.45) is 0. The molecule has 1 atom stereocenters. The highest BCUT2D eigenvalue weighted by Gasteiger charge is 2.27. The van der Waals surface area contributed by atoms with Gasteiger partial charge in [-0.1, -0.05) is 44.0 Å². The minimum absolute atomic E-state index is 0.0508. The average molecular weight is 353 g/mol. The maximum absolute atomic E-state index is 12.5. The van der Waals surface area contributed by atoms with Crippen LogP contribution in [-0.2, 0) is 16.6 Å². The highest BCUT2D eigenvalue weighted by atomic mass is 35.5. The number of halogens is 2. The predicted octanol–water partition coefficient (Wildman–Crippen LogP) is 3.43. The lowest BCUT2D eigenvalue weighted by Gasteiger charge is -2.28. The van der Waals surface area contributed by atoms with Gasteiger partial charge in [0, 0.05) is 17.6 Å². The van der Waals surface area contributed by atoms with Crippen molar-refractivity contribution in [3.05, 3.63) is 27.7 Å². The Balaban J connectivity index is 3.22. The van der Waals surface area contributed by atoms with E-state index in [4.69, 9.17) is 23.2 Å². The molecule has 0 radical (unpaired) electrons. The van der Waals surface area contributed by atoms with Crippen LogP contribution in [0.2, 0.25) is 10.0 Å². The van der Waals surface area contributed by atoms with E-state index in [1.54, 1.807) is 7.05 Å². The first-order chi connectivity index (χ1) is 9.49. The molecule has 0 heterocycles. The van der Waals surface area contributed by atoms with Crippen LogP contribution >= 0.6 is 23.2 Å². The van der Waals surface area contributed by atoms with Crippen LogP contribution in [0.5, 0.6) is 0 Å². The standard InChI is InChI=1S/C14H22Cl2N2O2S/c1-9(14(2,3)4)18-21(19,20)13-6-10(8-17-5)11(15)7-12(13)16/h6-7,9,17-18H,8H2,1-5H3. The van der Waals surface area contributed by atoms with E-state index in [1.807, 2.05) is 27.7 Å². The molecule has 0 spiro atoms. The molecular formula is C14H22Cl2N2O2S. The highest BCUT2D eigenvalue weighted by Crippen LogP contribution is 2.30. The molecule has 120 valence electrons. The van der Waals surface area contributed by atoms with E-state index in [0.717, 1.165) is 0 Å². The lowest BCUT2D eigenvalue weighted by molar-refractivity contribution is 0.317. The smallest absolute Gasteiger partial charge is 0.242 e. The summed E-state index contributed by atoms with van der Waals surface area (Å²) in [6.45, 7) is 8.20. The van der Waals surface area contributed by atoms with Gasteiger partial charge >= 0.3 is 0 Å². The molecule has 4 nitrogen and oxygen atoms in total. The lowest BCUT2D eigenvalue weighted by atomic mass is 9.89. The number of sulfonamides is 1. The van der Waals surface area contributed by atoms with Gasteiger partial charge in [0.1, 0.15) is 4.90 Å². The Morgan fingerprint density at radius 3 is 2.24 bits per heavy atom. The van der Waals surface area contributed by atoms with Gasteiger partial charge in [0.05, 0.1) is 5.02 Å². The lowest BCUT2D eigenvalue weighted by Crippen LogP contribution is -2.41. The largest absolute Gasteiger partial charge is 0.316 e. The third-order valence-corrected chi connectivity index (χ3v) is 5.75. The van der Waals surface area contributed by atoms with Crippen LogP contribution in [0.4, 0.5) is 0 Å². The first-order valence-electron chi connectivity index (χ1n) is 6.64. The van der Waals surface area contributed by atoms with Gasteiger partial charge in [0.2, 0.25) is 10.0 Å². The molecular weight excluding hydrogens is 331 g/mol. The number of benzene rings is 1. The third-order valence-electron chi connectivity index (χ3n) is 3.39. The van der Waals surface area contributed by atoms with E-state index in [1.165, 1.54) is 12.1 Å². The van der Waals surface area contributed by atoms with E-state index in [9.17, 15) is 8.42 Å². The van der Waals surface area contributed by atoms with Crippen LogP contribution in [-0.4, -0.2) is 21.5 Å². The van der Waals surface area contributed by atoms with E-state index >= 15 is 0 Å². The van der Waals surface area contributed by atoms with Crippen LogP contribution in [0.25, 0.3) is 0 Å². The van der Waals surface area contributed by atoms with Crippen molar-refractivity contribution in [3.8, 4) is 0 Å². The van der Waals surface area contributed by atoms with Crippen molar-refractivity contribution >= 4 is 33.2 Å². The minimum Gasteiger partial charge on any atom is -0.316 e. The van der Waals surface area contributed by atoms with Crippen molar-refractivity contribution in [2.45, 2.75) is 45.2 Å². The summed E-state index contributed by atoms with van der Waals surface area (Å²) in [5.74, 6) is 0. The van der Waals surface area contributed by atoms with Crippen molar-refractivity contribution in [1.29, 1.82) is 0 Å². The topological polar surface area (TPSA) is 58.2 Å². The minimum atomic E-state index is -3.70. The van der Waals surface area contributed by atoms with Gasteiger partial charge < -0.3 is 5.32 Å². The highest BCUT2D eigenvalue weighted by molar-refractivity contribution is 7.89. The molecule has 0 bridgehead atoms. The Bertz CT molecular complexity index is 610. The van der Waals surface area contributed by atoms with Gasteiger partial charge in [-0.25, -0.2) is 13.1 Å². The monoisotopic (exact) mass is 352 g/mol. The predicted molar refractivity (Wildman–Crippen MR) is 88.5 cm³/mol. The Morgan fingerprint density at radius 1 is 1.19 bits per heavy atom. The molecule has 2 N–H and O–H groups in total. The van der Waals surface area contributed by atoms with E-state index < -0.39 is 10.0 Å². The van der Waals surface area contributed by atoms with Gasteiger partial charge in [0.25, 0.3) is 0 Å². The Kier molecular flexibility index (Phi) is 6.09. The maximum Gasteiger partial charge on any atom is 0.242 e. The second-order valence-corrected chi connectivity index (χ2v) is 8.61. The van der Waals surface area contributed by atoms with Gasteiger partial charge in [-0.15, -0.1) is 0 Å². The molecule has 1 aromatic carbocycles. The molecule has 1 rings (SSSR count). The van der Waals surface area contributed by atoms with Gasteiger partial charge in [0.15, 0.2) is 0 Å². The summed E-state index contributed by atoms with van der Waals surface area (Å²) in [5.41, 5.74) is 0.493. The molecule has 0 saturated carbocycles. The summed E-state index contributed by atoms with van der Waals surface area (Å²) in [6, 6.07) is 2.74. The SMILES string of the molecule is CNCc1cc(S(=O)(=O)NC(C)C(C)(C)C)c(Cl)cc1Cl. The Labute approximate surface area is 137 Å². The maximum atomic E-state index is 12.5. The van der Waals surface area contributed by atoms with E-state index in [2.05, 4.69) is 10.0 Å². The quantitative estimate of drug-likeness (QED) is 0.853. The first-order valence-corrected chi connectivity index (χ1v) is 8.88. The number of nitrogens with one attached hydrogen (secondary N) is 2. The molecule has 0 aliphatic heterocycles. The van der Waals surface area contributed by atoms with E-state index in [-0.39, 0.29) is 21.4 Å². The van der Waals surface area contributed by atoms with E-state index in [0.29, 0.717) is 17.1 Å². The van der Waals surface area contributed by atoms with Gasteiger partial charge in [-0.3, -0.25) is 0 Å². The molecule has 0 fully saturated rings. The summed E-state index contributed by atoms with van der Waals surface area (Å²) >= 11 is 12.1. The average Bonchev–Trinajstić information content (AvgIpc) is 2.30. The summed E-state index contributed by atoms with van der Waals surface area (Å²) in [5, 5.41) is 3.51. The molecule has 0 aliphatic carbocycles. The van der Waals surface area contributed by atoms with Crippen LogP contribution in [0.3, 0.4) is 0 Å². The molecule has 1 unspecified atom stereocenters. The van der Waals surface area contributed by atoms with Gasteiger partial charge in [-0.2, -0.15) is 0 Å². The fourth-order valence-electron chi connectivity index (χ4n) is 1.58. The van der Waals surface area contributed by atoms with Crippen LogP contribution < -0.4 is 10.0 Å². The number of hydrogen-bond donors (Lipinski definition) is 2. The zero-order valence-corrected chi connectivity index (χ0v) is 15.2. The molecule has 21 heavy (non-hydrogen) atoms. The third kappa shape index (κ3) is 4.83. The van der Waals surface area contributed by atoms with Crippen LogP contribution in [0.1, 0.15) is 33.3 Å². The van der Waals surface area contributed by atoms with Crippen LogP contribution in [0.15, 0.2) is 17.0 Å². The number of rotatable bonds is 5. The molecule has 0 aliphatic rings. The normalized spacial score (nSPS) is 14.2. The Morgan fingerprint density at radius 2 is 1.76 bits per heavy atom. The van der Waals surface area contributed by atoms with Crippen molar-refractivity contribution in [2.75, 3.05) is 7.05 Å². The van der Waals surface area contributed by atoms with Crippen LogP contribution in [0, 0.1) is 5.41 Å². The first kappa shape index (κ1) is 18.7. The second kappa shape index (κ2) is 6.84. The van der Waals surface area contributed by atoms with Crippen molar-refractivity contribution in [3.63, 3.8) is 0 Å². The fraction of sp³-hybridized carbons (Fsp3) is 0.571. The molecule has 0 saturated heterocycles. The van der Waals surface area contributed by atoms with Gasteiger partial charge in [-0.05, 0) is 37.1 Å². The number of hydrogen-bond acceptors (Lipinski definition) is 3.